The zero-order valence-corrected chi connectivity index (χ0v) is 16.8. The second-order valence-corrected chi connectivity index (χ2v) is 6.39. The second-order valence-electron chi connectivity index (χ2n) is 5.54. The van der Waals surface area contributed by atoms with E-state index in [2.05, 4.69) is 21.2 Å². The minimum absolute atomic E-state index is 0.381. The van der Waals surface area contributed by atoms with Crippen LogP contribution in [0.4, 0.5) is 5.69 Å². The third-order valence-electron chi connectivity index (χ3n) is 3.62. The molecule has 0 unspecified atom stereocenters. The van der Waals surface area contributed by atoms with Crippen molar-refractivity contribution in [2.45, 2.75) is 6.92 Å². The molecule has 0 aliphatic heterocycles. The number of rotatable bonds is 7. The Labute approximate surface area is 166 Å². The van der Waals surface area contributed by atoms with Crippen LogP contribution in [-0.2, 0) is 14.3 Å². The molecule has 0 spiro atoms. The first-order valence-corrected chi connectivity index (χ1v) is 8.85. The maximum absolute atomic E-state index is 11.9. The first-order valence-electron chi connectivity index (χ1n) is 8.06. The number of anilines is 1. The summed E-state index contributed by atoms with van der Waals surface area (Å²) in [7, 11) is 3.05. The van der Waals surface area contributed by atoms with Crippen LogP contribution in [-0.4, -0.2) is 32.7 Å². The summed E-state index contributed by atoms with van der Waals surface area (Å²) in [6.45, 7) is 1.53. The first-order chi connectivity index (χ1) is 12.9. The second kappa shape index (κ2) is 9.78. The zero-order chi connectivity index (χ0) is 19.8. The van der Waals surface area contributed by atoms with Crippen LogP contribution in [0.5, 0.6) is 11.5 Å². The number of hydrogen-bond donors (Lipinski definition) is 1. The Morgan fingerprint density at radius 3 is 2.59 bits per heavy atom. The fourth-order valence-electron chi connectivity index (χ4n) is 2.31. The third-order valence-corrected chi connectivity index (χ3v) is 4.51. The van der Waals surface area contributed by atoms with E-state index in [9.17, 15) is 9.59 Å². The van der Waals surface area contributed by atoms with Crippen molar-refractivity contribution in [1.82, 2.24) is 0 Å². The molecule has 0 aliphatic rings. The van der Waals surface area contributed by atoms with Crippen LogP contribution in [0.1, 0.15) is 11.1 Å². The fourth-order valence-corrected chi connectivity index (χ4v) is 2.55. The zero-order valence-electron chi connectivity index (χ0n) is 15.2. The molecule has 27 heavy (non-hydrogen) atoms. The van der Waals surface area contributed by atoms with Gasteiger partial charge >= 0.3 is 5.97 Å². The lowest BCUT2D eigenvalue weighted by Gasteiger charge is -2.09. The number of carbonyl (C=O) groups excluding carboxylic acids is 2. The van der Waals surface area contributed by atoms with Crippen molar-refractivity contribution in [2.24, 2.45) is 0 Å². The Kier molecular flexibility index (Phi) is 7.43. The number of halogens is 1. The van der Waals surface area contributed by atoms with Crippen molar-refractivity contribution in [2.75, 3.05) is 26.1 Å². The van der Waals surface area contributed by atoms with Crippen LogP contribution in [0, 0.1) is 6.92 Å². The van der Waals surface area contributed by atoms with Gasteiger partial charge in [-0.25, -0.2) is 4.79 Å². The molecule has 0 radical (unpaired) electrons. The van der Waals surface area contributed by atoms with Gasteiger partial charge < -0.3 is 19.5 Å². The van der Waals surface area contributed by atoms with E-state index in [1.165, 1.54) is 20.3 Å². The van der Waals surface area contributed by atoms with Crippen molar-refractivity contribution >= 4 is 39.6 Å². The standard InChI is InChI=1S/C20H20BrNO5/c1-13-11-15(8-9-16(13)21)22-18(23)12-27-19(24)10-7-14-5-4-6-17(25-2)20(14)26-3/h4-11H,12H2,1-3H3,(H,22,23). The summed E-state index contributed by atoms with van der Waals surface area (Å²) in [6.07, 6.45) is 2.77. The summed E-state index contributed by atoms with van der Waals surface area (Å²) in [5, 5.41) is 2.67. The normalized spacial score (nSPS) is 10.5. The largest absolute Gasteiger partial charge is 0.493 e. The van der Waals surface area contributed by atoms with E-state index in [0.29, 0.717) is 22.7 Å². The summed E-state index contributed by atoms with van der Waals surface area (Å²) in [4.78, 5) is 23.8. The molecule has 7 heteroatoms. The molecular weight excluding hydrogens is 414 g/mol. The smallest absolute Gasteiger partial charge is 0.331 e. The van der Waals surface area contributed by atoms with Gasteiger partial charge in [0.2, 0.25) is 0 Å². The number of carbonyl (C=O) groups is 2. The molecule has 142 valence electrons. The van der Waals surface area contributed by atoms with Crippen molar-refractivity contribution in [3.63, 3.8) is 0 Å². The molecule has 0 atom stereocenters. The molecule has 0 aromatic heterocycles. The molecule has 0 bridgehead atoms. The van der Waals surface area contributed by atoms with E-state index in [4.69, 9.17) is 14.2 Å². The summed E-state index contributed by atoms with van der Waals surface area (Å²) in [6, 6.07) is 10.7. The van der Waals surface area contributed by atoms with Crippen LogP contribution in [0.25, 0.3) is 6.08 Å². The van der Waals surface area contributed by atoms with Gasteiger partial charge in [0, 0.05) is 21.8 Å². The monoisotopic (exact) mass is 433 g/mol. The molecular formula is C20H20BrNO5. The van der Waals surface area contributed by atoms with Gasteiger partial charge in [0.05, 0.1) is 14.2 Å². The number of amides is 1. The van der Waals surface area contributed by atoms with Crippen LogP contribution in [0.15, 0.2) is 46.9 Å². The summed E-state index contributed by atoms with van der Waals surface area (Å²) in [5.41, 5.74) is 2.27. The molecule has 1 amide bonds. The van der Waals surface area contributed by atoms with Gasteiger partial charge in [0.15, 0.2) is 18.1 Å². The number of aryl methyl sites for hydroxylation is 1. The van der Waals surface area contributed by atoms with Crippen LogP contribution >= 0.6 is 15.9 Å². The lowest BCUT2D eigenvalue weighted by atomic mass is 10.1. The Bertz CT molecular complexity index is 863. The molecule has 0 fully saturated rings. The van der Waals surface area contributed by atoms with Gasteiger partial charge in [-0.1, -0.05) is 28.1 Å². The fraction of sp³-hybridized carbons (Fsp3) is 0.200. The van der Waals surface area contributed by atoms with Crippen molar-refractivity contribution in [1.29, 1.82) is 0 Å². The van der Waals surface area contributed by atoms with E-state index in [1.54, 1.807) is 30.3 Å². The minimum atomic E-state index is -0.637. The quantitative estimate of drug-likeness (QED) is 0.528. The Morgan fingerprint density at radius 1 is 1.15 bits per heavy atom. The molecule has 0 saturated carbocycles. The molecule has 2 aromatic carbocycles. The van der Waals surface area contributed by atoms with Crippen molar-refractivity contribution in [3.05, 3.63) is 58.1 Å². The average Bonchev–Trinajstić information content (AvgIpc) is 2.67. The lowest BCUT2D eigenvalue weighted by molar-refractivity contribution is -0.142. The molecule has 2 rings (SSSR count). The molecule has 0 aliphatic carbocycles. The predicted octanol–water partition coefficient (Wildman–Crippen LogP) is 3.97. The number of para-hydroxylation sites is 1. The SMILES string of the molecule is COc1cccc(C=CC(=O)OCC(=O)Nc2ccc(Br)c(C)c2)c1OC. The number of ether oxygens (including phenoxy) is 3. The maximum atomic E-state index is 11.9. The summed E-state index contributed by atoms with van der Waals surface area (Å²) >= 11 is 3.39. The molecule has 6 nitrogen and oxygen atoms in total. The van der Waals surface area contributed by atoms with E-state index in [0.717, 1.165) is 10.0 Å². The van der Waals surface area contributed by atoms with Gasteiger partial charge in [-0.3, -0.25) is 4.79 Å². The third kappa shape index (κ3) is 5.86. The van der Waals surface area contributed by atoms with E-state index in [-0.39, 0.29) is 6.61 Å². The van der Waals surface area contributed by atoms with Gasteiger partial charge in [-0.2, -0.15) is 0 Å². The minimum Gasteiger partial charge on any atom is -0.493 e. The van der Waals surface area contributed by atoms with Gasteiger partial charge in [0.1, 0.15) is 0 Å². The number of esters is 1. The predicted molar refractivity (Wildman–Crippen MR) is 107 cm³/mol. The van der Waals surface area contributed by atoms with E-state index < -0.39 is 11.9 Å². The van der Waals surface area contributed by atoms with Gasteiger partial charge in [-0.05, 0) is 42.8 Å². The van der Waals surface area contributed by atoms with Crippen LogP contribution < -0.4 is 14.8 Å². The highest BCUT2D eigenvalue weighted by Gasteiger charge is 2.09. The highest BCUT2D eigenvalue weighted by molar-refractivity contribution is 9.10. The Morgan fingerprint density at radius 2 is 1.93 bits per heavy atom. The molecule has 2 aromatic rings. The number of hydrogen-bond acceptors (Lipinski definition) is 5. The Balaban J connectivity index is 1.91. The van der Waals surface area contributed by atoms with Crippen molar-refractivity contribution < 1.29 is 23.8 Å². The number of benzene rings is 2. The highest BCUT2D eigenvalue weighted by atomic mass is 79.9. The van der Waals surface area contributed by atoms with Gasteiger partial charge in [0.25, 0.3) is 5.91 Å². The molecule has 1 N–H and O–H groups in total. The molecule has 0 heterocycles. The number of methoxy groups -OCH3 is 2. The van der Waals surface area contributed by atoms with E-state index in [1.807, 2.05) is 19.1 Å². The van der Waals surface area contributed by atoms with Crippen molar-refractivity contribution in [3.8, 4) is 11.5 Å². The van der Waals surface area contributed by atoms with Crippen LogP contribution in [0.2, 0.25) is 0 Å². The topological polar surface area (TPSA) is 73.9 Å². The van der Waals surface area contributed by atoms with E-state index >= 15 is 0 Å². The average molecular weight is 434 g/mol. The summed E-state index contributed by atoms with van der Waals surface area (Å²) in [5.74, 6) is 0.00373. The van der Waals surface area contributed by atoms with Crippen LogP contribution in [0.3, 0.4) is 0 Å². The molecule has 0 saturated heterocycles. The number of nitrogens with one attached hydrogen (secondary N) is 1. The first kappa shape index (κ1) is 20.5. The Hall–Kier alpha value is -2.80. The van der Waals surface area contributed by atoms with Gasteiger partial charge in [-0.15, -0.1) is 0 Å². The lowest BCUT2D eigenvalue weighted by Crippen LogP contribution is -2.20. The maximum Gasteiger partial charge on any atom is 0.331 e. The summed E-state index contributed by atoms with van der Waals surface area (Å²) < 4.78 is 16.4. The highest BCUT2D eigenvalue weighted by Crippen LogP contribution is 2.31.